The first kappa shape index (κ1) is 19.4. The van der Waals surface area contributed by atoms with Gasteiger partial charge in [0.25, 0.3) is 11.8 Å². The summed E-state index contributed by atoms with van der Waals surface area (Å²) in [5.41, 5.74) is 1.39. The minimum atomic E-state index is -1.09. The number of carbonyl (C=O) groups excluding carboxylic acids is 2. The third-order valence-electron chi connectivity index (χ3n) is 4.47. The van der Waals surface area contributed by atoms with Gasteiger partial charge in [0, 0.05) is 29.9 Å². The maximum absolute atomic E-state index is 12.6. The number of piperidine rings is 1. The zero-order valence-corrected chi connectivity index (χ0v) is 15.4. The largest absolute Gasteiger partial charge is 0.482 e. The van der Waals surface area contributed by atoms with Crippen LogP contribution in [0.1, 0.15) is 40.0 Å². The minimum absolute atomic E-state index is 0.0279. The Balaban J connectivity index is 1.68. The Labute approximate surface area is 162 Å². The van der Waals surface area contributed by atoms with Crippen LogP contribution in [0.5, 0.6) is 5.75 Å². The van der Waals surface area contributed by atoms with E-state index >= 15 is 0 Å². The highest BCUT2D eigenvalue weighted by atomic mass is 16.5. The average Bonchev–Trinajstić information content (AvgIpc) is 2.72. The summed E-state index contributed by atoms with van der Waals surface area (Å²) in [5, 5.41) is 11.4. The molecule has 0 aromatic heterocycles. The molecule has 1 aliphatic rings. The summed E-state index contributed by atoms with van der Waals surface area (Å²) < 4.78 is 5.10. The molecule has 0 unspecified atom stereocenters. The van der Waals surface area contributed by atoms with E-state index < -0.39 is 12.6 Å². The van der Waals surface area contributed by atoms with Gasteiger partial charge in [-0.3, -0.25) is 9.59 Å². The average molecular weight is 382 g/mol. The van der Waals surface area contributed by atoms with Crippen LogP contribution >= 0.6 is 0 Å². The van der Waals surface area contributed by atoms with Crippen molar-refractivity contribution in [3.63, 3.8) is 0 Å². The van der Waals surface area contributed by atoms with E-state index in [-0.39, 0.29) is 11.8 Å². The fraction of sp³-hybridized carbons (Fsp3) is 0.286. The number of amides is 2. The number of aliphatic carboxylic acids is 1. The Morgan fingerprint density at radius 2 is 1.68 bits per heavy atom. The van der Waals surface area contributed by atoms with Crippen LogP contribution in [0.2, 0.25) is 0 Å². The molecule has 0 aliphatic carbocycles. The van der Waals surface area contributed by atoms with Crippen LogP contribution in [-0.2, 0) is 4.79 Å². The lowest BCUT2D eigenvalue weighted by molar-refractivity contribution is -0.139. The fourth-order valence-corrected chi connectivity index (χ4v) is 3.09. The summed E-state index contributed by atoms with van der Waals surface area (Å²) in [7, 11) is 0. The van der Waals surface area contributed by atoms with Crippen molar-refractivity contribution in [2.45, 2.75) is 19.3 Å². The monoisotopic (exact) mass is 382 g/mol. The first-order valence-corrected chi connectivity index (χ1v) is 9.18. The van der Waals surface area contributed by atoms with E-state index in [1.807, 2.05) is 4.90 Å². The number of likely N-dealkylation sites (tertiary alicyclic amines) is 1. The lowest BCUT2D eigenvalue weighted by atomic mass is 10.1. The summed E-state index contributed by atoms with van der Waals surface area (Å²) in [6, 6.07) is 13.1. The summed E-state index contributed by atoms with van der Waals surface area (Å²) in [6.07, 6.45) is 3.18. The third kappa shape index (κ3) is 5.09. The maximum atomic E-state index is 12.6. The summed E-state index contributed by atoms with van der Waals surface area (Å²) in [6.45, 7) is 1.04. The zero-order chi connectivity index (χ0) is 19.9. The quantitative estimate of drug-likeness (QED) is 0.801. The molecule has 1 saturated heterocycles. The number of rotatable bonds is 6. The van der Waals surface area contributed by atoms with Crippen molar-refractivity contribution in [2.75, 3.05) is 25.0 Å². The molecule has 1 heterocycles. The van der Waals surface area contributed by atoms with E-state index in [1.165, 1.54) is 6.07 Å². The van der Waals surface area contributed by atoms with Crippen LogP contribution in [0.25, 0.3) is 0 Å². The van der Waals surface area contributed by atoms with E-state index in [0.29, 0.717) is 22.6 Å². The topological polar surface area (TPSA) is 95.9 Å². The van der Waals surface area contributed by atoms with Crippen molar-refractivity contribution >= 4 is 23.5 Å². The number of benzene rings is 2. The smallest absolute Gasteiger partial charge is 0.341 e. The van der Waals surface area contributed by atoms with Gasteiger partial charge in [-0.25, -0.2) is 4.79 Å². The van der Waals surface area contributed by atoms with E-state index in [9.17, 15) is 14.4 Å². The van der Waals surface area contributed by atoms with Gasteiger partial charge in [0.1, 0.15) is 5.75 Å². The van der Waals surface area contributed by atoms with Crippen molar-refractivity contribution in [3.8, 4) is 5.75 Å². The van der Waals surface area contributed by atoms with E-state index in [2.05, 4.69) is 5.32 Å². The number of ether oxygens (including phenoxy) is 1. The molecular formula is C21H22N2O5. The van der Waals surface area contributed by atoms with Gasteiger partial charge in [-0.05, 0) is 55.7 Å². The third-order valence-corrected chi connectivity index (χ3v) is 4.47. The van der Waals surface area contributed by atoms with Crippen LogP contribution in [-0.4, -0.2) is 47.5 Å². The molecule has 2 amide bonds. The molecule has 3 rings (SSSR count). The van der Waals surface area contributed by atoms with Crippen LogP contribution in [0, 0.1) is 0 Å². The van der Waals surface area contributed by atoms with Crippen LogP contribution in [0.4, 0.5) is 5.69 Å². The summed E-state index contributed by atoms with van der Waals surface area (Å²) >= 11 is 0. The molecule has 7 nitrogen and oxygen atoms in total. The maximum Gasteiger partial charge on any atom is 0.341 e. The highest BCUT2D eigenvalue weighted by molar-refractivity contribution is 6.05. The molecule has 2 aromatic carbocycles. The van der Waals surface area contributed by atoms with Crippen molar-refractivity contribution in [1.29, 1.82) is 0 Å². The first-order valence-electron chi connectivity index (χ1n) is 9.18. The predicted molar refractivity (Wildman–Crippen MR) is 104 cm³/mol. The van der Waals surface area contributed by atoms with E-state index in [1.54, 1.807) is 42.5 Å². The molecule has 0 spiro atoms. The second-order valence-electron chi connectivity index (χ2n) is 6.60. The molecule has 146 valence electrons. The van der Waals surface area contributed by atoms with Gasteiger partial charge in [0.2, 0.25) is 0 Å². The molecule has 28 heavy (non-hydrogen) atoms. The molecule has 0 bridgehead atoms. The molecule has 1 aliphatic heterocycles. The standard InChI is InChI=1S/C21H22N2O5/c24-19(25)14-28-18-9-5-6-15(13-18)20(26)22-17-8-4-7-16(12-17)21(27)23-10-2-1-3-11-23/h4-9,12-13H,1-3,10-11,14H2,(H,22,26)(H,24,25). The predicted octanol–water partition coefficient (Wildman–Crippen LogP) is 3.03. The fourth-order valence-electron chi connectivity index (χ4n) is 3.09. The van der Waals surface area contributed by atoms with Crippen molar-refractivity contribution < 1.29 is 24.2 Å². The first-order chi connectivity index (χ1) is 13.5. The highest BCUT2D eigenvalue weighted by Gasteiger charge is 2.18. The minimum Gasteiger partial charge on any atom is -0.482 e. The molecule has 2 N–H and O–H groups in total. The van der Waals surface area contributed by atoms with Crippen molar-refractivity contribution in [1.82, 2.24) is 4.90 Å². The summed E-state index contributed by atoms with van der Waals surface area (Å²) in [5.74, 6) is -1.20. The Morgan fingerprint density at radius 3 is 2.43 bits per heavy atom. The Morgan fingerprint density at radius 1 is 0.964 bits per heavy atom. The van der Waals surface area contributed by atoms with Gasteiger partial charge in [0.15, 0.2) is 6.61 Å². The molecule has 2 aromatic rings. The normalized spacial score (nSPS) is 13.6. The summed E-state index contributed by atoms with van der Waals surface area (Å²) in [4.78, 5) is 37.6. The lowest BCUT2D eigenvalue weighted by Gasteiger charge is -2.26. The number of anilines is 1. The number of carbonyl (C=O) groups is 3. The van der Waals surface area contributed by atoms with Crippen LogP contribution < -0.4 is 10.1 Å². The Kier molecular flexibility index (Phi) is 6.26. The molecule has 0 atom stereocenters. The van der Waals surface area contributed by atoms with E-state index in [0.717, 1.165) is 32.4 Å². The Hall–Kier alpha value is -3.35. The number of nitrogens with zero attached hydrogens (tertiary/aromatic N) is 1. The van der Waals surface area contributed by atoms with Gasteiger partial charge >= 0.3 is 5.97 Å². The second-order valence-corrected chi connectivity index (χ2v) is 6.60. The lowest BCUT2D eigenvalue weighted by Crippen LogP contribution is -2.35. The molecule has 0 radical (unpaired) electrons. The van der Waals surface area contributed by atoms with Crippen molar-refractivity contribution in [2.24, 2.45) is 0 Å². The van der Waals surface area contributed by atoms with Crippen LogP contribution in [0.15, 0.2) is 48.5 Å². The molecular weight excluding hydrogens is 360 g/mol. The van der Waals surface area contributed by atoms with Crippen molar-refractivity contribution in [3.05, 3.63) is 59.7 Å². The second kappa shape index (κ2) is 9.03. The van der Waals surface area contributed by atoms with Gasteiger partial charge < -0.3 is 20.1 Å². The molecule has 1 fully saturated rings. The SMILES string of the molecule is O=C(O)COc1cccc(C(=O)Nc2cccc(C(=O)N3CCCCC3)c2)c1. The van der Waals surface area contributed by atoms with Crippen LogP contribution in [0.3, 0.4) is 0 Å². The number of carboxylic acid groups (broad SMARTS) is 1. The van der Waals surface area contributed by atoms with Gasteiger partial charge in [-0.15, -0.1) is 0 Å². The number of carboxylic acids is 1. The van der Waals surface area contributed by atoms with Gasteiger partial charge in [-0.1, -0.05) is 12.1 Å². The number of nitrogens with one attached hydrogen (secondary N) is 1. The molecule has 7 heteroatoms. The van der Waals surface area contributed by atoms with Gasteiger partial charge in [0.05, 0.1) is 0 Å². The zero-order valence-electron chi connectivity index (χ0n) is 15.4. The number of hydrogen-bond donors (Lipinski definition) is 2. The highest BCUT2D eigenvalue weighted by Crippen LogP contribution is 2.18. The van der Waals surface area contributed by atoms with Gasteiger partial charge in [-0.2, -0.15) is 0 Å². The van der Waals surface area contributed by atoms with E-state index in [4.69, 9.17) is 9.84 Å². The molecule has 0 saturated carbocycles. The number of hydrogen-bond acceptors (Lipinski definition) is 4. The Bertz CT molecular complexity index is 875.